The summed E-state index contributed by atoms with van der Waals surface area (Å²) in [5.41, 5.74) is 5.59. The number of benzene rings is 1. The van der Waals surface area contributed by atoms with Crippen molar-refractivity contribution in [3.63, 3.8) is 0 Å². The molecular weight excluding hydrogens is 232 g/mol. The van der Waals surface area contributed by atoms with Crippen LogP contribution >= 0.6 is 0 Å². The van der Waals surface area contributed by atoms with Gasteiger partial charge in [0.2, 0.25) is 0 Å². The van der Waals surface area contributed by atoms with E-state index in [-0.39, 0.29) is 19.6 Å². The van der Waals surface area contributed by atoms with Crippen molar-refractivity contribution in [1.82, 2.24) is 0 Å². The van der Waals surface area contributed by atoms with E-state index in [0.717, 1.165) is 12.1 Å². The van der Waals surface area contributed by atoms with Gasteiger partial charge in [-0.25, -0.2) is 8.78 Å². The normalized spacial score (nSPS) is 10.1. The molecule has 94 valence electrons. The minimum Gasteiger partial charge on any atom is -0.487 e. The molecule has 17 heavy (non-hydrogen) atoms. The molecule has 0 fully saturated rings. The van der Waals surface area contributed by atoms with Crippen LogP contribution in [0.2, 0.25) is 0 Å². The molecule has 0 spiro atoms. The average molecular weight is 245 g/mol. The van der Waals surface area contributed by atoms with Crippen LogP contribution in [0.5, 0.6) is 5.75 Å². The van der Waals surface area contributed by atoms with Gasteiger partial charge in [-0.1, -0.05) is 0 Å². The number of methoxy groups -OCH3 is 1. The van der Waals surface area contributed by atoms with Crippen LogP contribution in [0.3, 0.4) is 0 Å². The maximum Gasteiger partial charge on any atom is 0.308 e. The zero-order chi connectivity index (χ0) is 12.8. The fraction of sp³-hybridized carbons (Fsp3) is 0.364. The number of rotatable bonds is 5. The van der Waals surface area contributed by atoms with Crippen LogP contribution in [-0.2, 0) is 16.1 Å². The summed E-state index contributed by atoms with van der Waals surface area (Å²) in [5, 5.41) is 0. The Bertz CT molecular complexity index is 387. The first-order chi connectivity index (χ1) is 8.08. The summed E-state index contributed by atoms with van der Waals surface area (Å²) >= 11 is 0. The molecule has 0 amide bonds. The number of carbonyl (C=O) groups is 1. The Morgan fingerprint density at radius 1 is 1.35 bits per heavy atom. The Morgan fingerprint density at radius 3 is 2.41 bits per heavy atom. The van der Waals surface area contributed by atoms with Crippen LogP contribution in [-0.4, -0.2) is 19.7 Å². The number of esters is 1. The number of nitrogens with two attached hydrogens (primary N) is 1. The van der Waals surface area contributed by atoms with Crippen molar-refractivity contribution >= 4 is 5.97 Å². The lowest BCUT2D eigenvalue weighted by molar-refractivity contribution is -0.141. The van der Waals surface area contributed by atoms with Gasteiger partial charge in [0, 0.05) is 6.54 Å². The van der Waals surface area contributed by atoms with Crippen molar-refractivity contribution in [3.8, 4) is 5.75 Å². The van der Waals surface area contributed by atoms with Gasteiger partial charge in [0.05, 0.1) is 20.1 Å². The van der Waals surface area contributed by atoms with Gasteiger partial charge in [-0.15, -0.1) is 0 Å². The van der Waals surface area contributed by atoms with Crippen molar-refractivity contribution in [2.45, 2.75) is 13.0 Å². The second kappa shape index (κ2) is 6.15. The molecule has 0 aliphatic rings. The van der Waals surface area contributed by atoms with Crippen molar-refractivity contribution in [2.24, 2.45) is 5.73 Å². The zero-order valence-corrected chi connectivity index (χ0v) is 9.33. The fourth-order valence-electron chi connectivity index (χ4n) is 1.21. The monoisotopic (exact) mass is 245 g/mol. The predicted molar refractivity (Wildman–Crippen MR) is 56.4 cm³/mol. The summed E-state index contributed by atoms with van der Waals surface area (Å²) in [7, 11) is 1.22. The van der Waals surface area contributed by atoms with E-state index in [4.69, 9.17) is 10.5 Å². The summed E-state index contributed by atoms with van der Waals surface area (Å²) in [4.78, 5) is 10.8. The van der Waals surface area contributed by atoms with E-state index in [9.17, 15) is 13.6 Å². The maximum absolute atomic E-state index is 13.4. The molecule has 1 aromatic rings. The summed E-state index contributed by atoms with van der Waals surface area (Å²) in [5.74, 6) is -2.69. The number of ether oxygens (including phenoxy) is 2. The van der Waals surface area contributed by atoms with Crippen LogP contribution in [0.15, 0.2) is 12.1 Å². The van der Waals surface area contributed by atoms with Crippen LogP contribution in [0.1, 0.15) is 12.0 Å². The number of hydrogen-bond acceptors (Lipinski definition) is 4. The van der Waals surface area contributed by atoms with E-state index in [0.29, 0.717) is 5.56 Å². The Hall–Kier alpha value is -1.69. The lowest BCUT2D eigenvalue weighted by atomic mass is 10.2. The van der Waals surface area contributed by atoms with Crippen molar-refractivity contribution in [3.05, 3.63) is 29.3 Å². The molecule has 0 saturated carbocycles. The SMILES string of the molecule is COC(=O)CCOc1c(F)cc(CN)cc1F. The zero-order valence-electron chi connectivity index (χ0n) is 9.33. The first-order valence-corrected chi connectivity index (χ1v) is 4.96. The van der Waals surface area contributed by atoms with Crippen LogP contribution in [0.25, 0.3) is 0 Å². The van der Waals surface area contributed by atoms with E-state index in [1.165, 1.54) is 7.11 Å². The van der Waals surface area contributed by atoms with Gasteiger partial charge in [-0.3, -0.25) is 4.79 Å². The number of halogens is 2. The largest absolute Gasteiger partial charge is 0.487 e. The lowest BCUT2D eigenvalue weighted by Crippen LogP contribution is -2.09. The molecular formula is C11H13F2NO3. The predicted octanol–water partition coefficient (Wildman–Crippen LogP) is 1.37. The van der Waals surface area contributed by atoms with E-state index in [1.54, 1.807) is 0 Å². The summed E-state index contributed by atoms with van der Waals surface area (Å²) in [6, 6.07) is 2.19. The second-order valence-electron chi connectivity index (χ2n) is 3.27. The fourth-order valence-corrected chi connectivity index (χ4v) is 1.21. The molecule has 2 N–H and O–H groups in total. The van der Waals surface area contributed by atoms with E-state index in [1.807, 2.05) is 0 Å². The van der Waals surface area contributed by atoms with Crippen LogP contribution in [0, 0.1) is 11.6 Å². The standard InChI is InChI=1S/C11H13F2NO3/c1-16-10(15)2-3-17-11-8(12)4-7(6-14)5-9(11)13/h4-5H,2-3,6,14H2,1H3. The van der Waals surface area contributed by atoms with Crippen molar-refractivity contribution in [2.75, 3.05) is 13.7 Å². The smallest absolute Gasteiger partial charge is 0.308 e. The van der Waals surface area contributed by atoms with Gasteiger partial charge in [-0.2, -0.15) is 0 Å². The molecule has 1 rings (SSSR count). The molecule has 4 nitrogen and oxygen atoms in total. The average Bonchev–Trinajstić information content (AvgIpc) is 2.31. The first kappa shape index (κ1) is 13.4. The van der Waals surface area contributed by atoms with Gasteiger partial charge < -0.3 is 15.2 Å². The highest BCUT2D eigenvalue weighted by Gasteiger charge is 2.12. The third-order valence-corrected chi connectivity index (χ3v) is 2.07. The molecule has 0 atom stereocenters. The molecule has 0 saturated heterocycles. The van der Waals surface area contributed by atoms with Crippen molar-refractivity contribution in [1.29, 1.82) is 0 Å². The molecule has 6 heteroatoms. The van der Waals surface area contributed by atoms with Crippen molar-refractivity contribution < 1.29 is 23.0 Å². The Balaban J connectivity index is 2.68. The number of hydrogen-bond donors (Lipinski definition) is 1. The highest BCUT2D eigenvalue weighted by molar-refractivity contribution is 5.69. The second-order valence-corrected chi connectivity index (χ2v) is 3.27. The molecule has 0 radical (unpaired) electrons. The first-order valence-electron chi connectivity index (χ1n) is 4.96. The van der Waals surface area contributed by atoms with Crippen LogP contribution in [0.4, 0.5) is 8.78 Å². The van der Waals surface area contributed by atoms with Gasteiger partial charge in [-0.05, 0) is 17.7 Å². The minimum atomic E-state index is -0.838. The Kier molecular flexibility index (Phi) is 4.84. The van der Waals surface area contributed by atoms with Gasteiger partial charge in [0.1, 0.15) is 0 Å². The van der Waals surface area contributed by atoms with Gasteiger partial charge in [0.15, 0.2) is 17.4 Å². The summed E-state index contributed by atoms with van der Waals surface area (Å²) < 4.78 is 35.9. The molecule has 0 heterocycles. The van der Waals surface area contributed by atoms with Crippen LogP contribution < -0.4 is 10.5 Å². The number of carbonyl (C=O) groups excluding carboxylic acids is 1. The Labute approximate surface area is 97.3 Å². The molecule has 0 aliphatic heterocycles. The molecule has 0 aromatic heterocycles. The summed E-state index contributed by atoms with van der Waals surface area (Å²) in [6.45, 7) is -0.112. The highest BCUT2D eigenvalue weighted by atomic mass is 19.1. The lowest BCUT2D eigenvalue weighted by Gasteiger charge is -2.09. The van der Waals surface area contributed by atoms with E-state index >= 15 is 0 Å². The third kappa shape index (κ3) is 3.67. The van der Waals surface area contributed by atoms with E-state index < -0.39 is 23.4 Å². The topological polar surface area (TPSA) is 61.5 Å². The molecule has 1 aromatic carbocycles. The molecule has 0 bridgehead atoms. The van der Waals surface area contributed by atoms with Gasteiger partial charge in [0.25, 0.3) is 0 Å². The summed E-state index contributed by atoms with van der Waals surface area (Å²) in [6.07, 6.45) is -0.0754. The van der Waals surface area contributed by atoms with Gasteiger partial charge >= 0.3 is 5.97 Å². The third-order valence-electron chi connectivity index (χ3n) is 2.07. The quantitative estimate of drug-likeness (QED) is 0.796. The van der Waals surface area contributed by atoms with E-state index in [2.05, 4.69) is 4.74 Å². The maximum atomic E-state index is 13.4. The highest BCUT2D eigenvalue weighted by Crippen LogP contribution is 2.23. The minimum absolute atomic E-state index is 0.0380. The Morgan fingerprint density at radius 2 is 1.94 bits per heavy atom. The molecule has 0 unspecified atom stereocenters. The molecule has 0 aliphatic carbocycles.